The summed E-state index contributed by atoms with van der Waals surface area (Å²) in [4.78, 5) is 13.6. The Morgan fingerprint density at radius 1 is 1.53 bits per heavy atom. The fourth-order valence-corrected chi connectivity index (χ4v) is 3.63. The van der Waals surface area contributed by atoms with Crippen LogP contribution in [0.15, 0.2) is 12.4 Å². The number of hydrogen-bond donors (Lipinski definition) is 0. The smallest absolute Gasteiger partial charge is 0.141 e. The second-order valence-corrected chi connectivity index (χ2v) is 6.77. The summed E-state index contributed by atoms with van der Waals surface area (Å²) in [5, 5.41) is 2.01. The SMILES string of the molecule is Cc1cc2c(N3CC(CBr)OCC3C)ncnc2s1. The van der Waals surface area contributed by atoms with Crippen molar-refractivity contribution in [2.75, 3.05) is 23.4 Å². The van der Waals surface area contributed by atoms with E-state index in [1.807, 2.05) is 0 Å². The van der Waals surface area contributed by atoms with Gasteiger partial charge in [0.1, 0.15) is 17.0 Å². The minimum absolute atomic E-state index is 0.223. The third kappa shape index (κ3) is 2.49. The van der Waals surface area contributed by atoms with Gasteiger partial charge in [0.05, 0.1) is 24.1 Å². The van der Waals surface area contributed by atoms with E-state index in [-0.39, 0.29) is 6.10 Å². The molecule has 0 spiro atoms. The molecule has 2 aromatic heterocycles. The number of morpholine rings is 1. The zero-order valence-electron chi connectivity index (χ0n) is 11.0. The second-order valence-electron chi connectivity index (χ2n) is 4.88. The molecule has 3 rings (SSSR count). The Balaban J connectivity index is 2.02. The minimum atomic E-state index is 0.223. The molecule has 19 heavy (non-hydrogen) atoms. The molecule has 0 radical (unpaired) electrons. The summed E-state index contributed by atoms with van der Waals surface area (Å²) >= 11 is 5.22. The van der Waals surface area contributed by atoms with E-state index in [2.05, 4.69) is 50.7 Å². The third-order valence-corrected chi connectivity index (χ3v) is 5.06. The molecular formula is C13H16BrN3OS. The molecular weight excluding hydrogens is 326 g/mol. The van der Waals surface area contributed by atoms with E-state index in [9.17, 15) is 0 Å². The Bertz CT molecular complexity index is 588. The number of alkyl halides is 1. The number of fused-ring (bicyclic) bond motifs is 1. The lowest BCUT2D eigenvalue weighted by Gasteiger charge is -2.38. The maximum Gasteiger partial charge on any atom is 0.141 e. The van der Waals surface area contributed by atoms with E-state index < -0.39 is 0 Å². The molecule has 0 amide bonds. The monoisotopic (exact) mass is 341 g/mol. The van der Waals surface area contributed by atoms with Gasteiger partial charge in [-0.2, -0.15) is 0 Å². The molecule has 6 heteroatoms. The molecule has 1 saturated heterocycles. The largest absolute Gasteiger partial charge is 0.373 e. The minimum Gasteiger partial charge on any atom is -0.373 e. The van der Waals surface area contributed by atoms with Gasteiger partial charge in [0.25, 0.3) is 0 Å². The molecule has 1 fully saturated rings. The van der Waals surface area contributed by atoms with Crippen LogP contribution in [0.1, 0.15) is 11.8 Å². The molecule has 0 bridgehead atoms. The van der Waals surface area contributed by atoms with E-state index in [4.69, 9.17) is 4.74 Å². The normalized spacial score (nSPS) is 24.1. The van der Waals surface area contributed by atoms with Crippen molar-refractivity contribution in [3.8, 4) is 0 Å². The molecule has 3 heterocycles. The van der Waals surface area contributed by atoms with Gasteiger partial charge < -0.3 is 9.64 Å². The average Bonchev–Trinajstić information content (AvgIpc) is 2.79. The summed E-state index contributed by atoms with van der Waals surface area (Å²) in [7, 11) is 0. The molecule has 1 aliphatic heterocycles. The Morgan fingerprint density at radius 3 is 3.16 bits per heavy atom. The number of nitrogens with zero attached hydrogens (tertiary/aromatic N) is 3. The topological polar surface area (TPSA) is 38.2 Å². The number of anilines is 1. The number of ether oxygens (including phenoxy) is 1. The lowest BCUT2D eigenvalue weighted by atomic mass is 10.2. The van der Waals surface area contributed by atoms with E-state index in [0.717, 1.165) is 34.5 Å². The van der Waals surface area contributed by atoms with E-state index in [1.165, 1.54) is 4.88 Å². The van der Waals surface area contributed by atoms with E-state index in [1.54, 1.807) is 17.7 Å². The maximum absolute atomic E-state index is 5.78. The van der Waals surface area contributed by atoms with Crippen molar-refractivity contribution in [1.82, 2.24) is 9.97 Å². The number of aromatic nitrogens is 2. The van der Waals surface area contributed by atoms with Crippen LogP contribution in [-0.2, 0) is 4.74 Å². The predicted octanol–water partition coefficient (Wildman–Crippen LogP) is 2.99. The molecule has 0 N–H and O–H groups in total. The Kier molecular flexibility index (Phi) is 3.73. The molecule has 0 aliphatic carbocycles. The summed E-state index contributed by atoms with van der Waals surface area (Å²) in [6.45, 7) is 5.90. The van der Waals surface area contributed by atoms with Crippen molar-refractivity contribution < 1.29 is 4.74 Å². The zero-order valence-corrected chi connectivity index (χ0v) is 13.4. The number of thiophene rings is 1. The van der Waals surface area contributed by atoms with Crippen molar-refractivity contribution in [3.05, 3.63) is 17.3 Å². The highest BCUT2D eigenvalue weighted by atomic mass is 79.9. The first-order valence-corrected chi connectivity index (χ1v) is 8.28. The Morgan fingerprint density at radius 2 is 2.37 bits per heavy atom. The predicted molar refractivity (Wildman–Crippen MR) is 82.5 cm³/mol. The van der Waals surface area contributed by atoms with Crippen LogP contribution < -0.4 is 4.90 Å². The number of rotatable bonds is 2. The van der Waals surface area contributed by atoms with Crippen LogP contribution in [0.4, 0.5) is 5.82 Å². The summed E-state index contributed by atoms with van der Waals surface area (Å²) in [6, 6.07) is 2.52. The van der Waals surface area contributed by atoms with Crippen LogP contribution in [0.25, 0.3) is 10.2 Å². The summed E-state index contributed by atoms with van der Waals surface area (Å²) in [6.07, 6.45) is 1.89. The van der Waals surface area contributed by atoms with E-state index in [0.29, 0.717) is 6.04 Å². The molecule has 2 aromatic rings. The van der Waals surface area contributed by atoms with Gasteiger partial charge in [-0.1, -0.05) is 15.9 Å². The quantitative estimate of drug-likeness (QED) is 0.787. The van der Waals surface area contributed by atoms with Gasteiger partial charge in [0, 0.05) is 16.8 Å². The van der Waals surface area contributed by atoms with Gasteiger partial charge in [-0.05, 0) is 19.9 Å². The van der Waals surface area contributed by atoms with Crippen molar-refractivity contribution in [3.63, 3.8) is 0 Å². The molecule has 2 atom stereocenters. The fourth-order valence-electron chi connectivity index (χ4n) is 2.40. The van der Waals surface area contributed by atoms with Gasteiger partial charge in [-0.15, -0.1) is 11.3 Å². The standard InChI is InChI=1S/C13H16BrN3OS/c1-8-6-18-10(4-14)5-17(8)12-11-3-9(2)19-13(11)16-7-15-12/h3,7-8,10H,4-6H2,1-2H3. The van der Waals surface area contributed by atoms with Gasteiger partial charge in [-0.3, -0.25) is 0 Å². The molecule has 0 aromatic carbocycles. The summed E-state index contributed by atoms with van der Waals surface area (Å²) in [5.74, 6) is 1.04. The van der Waals surface area contributed by atoms with Crippen LogP contribution in [0.5, 0.6) is 0 Å². The molecule has 2 unspecified atom stereocenters. The summed E-state index contributed by atoms with van der Waals surface area (Å²) in [5.41, 5.74) is 0. The molecule has 102 valence electrons. The number of aryl methyl sites for hydroxylation is 1. The first-order valence-electron chi connectivity index (χ1n) is 6.34. The Labute approximate surface area is 124 Å². The highest BCUT2D eigenvalue weighted by Gasteiger charge is 2.27. The summed E-state index contributed by atoms with van der Waals surface area (Å²) < 4.78 is 5.78. The van der Waals surface area contributed by atoms with Crippen LogP contribution >= 0.6 is 27.3 Å². The van der Waals surface area contributed by atoms with E-state index >= 15 is 0 Å². The number of halogens is 1. The molecule has 4 nitrogen and oxygen atoms in total. The van der Waals surface area contributed by atoms with Crippen molar-refractivity contribution in [2.24, 2.45) is 0 Å². The fraction of sp³-hybridized carbons (Fsp3) is 0.538. The van der Waals surface area contributed by atoms with Crippen LogP contribution in [0.2, 0.25) is 0 Å². The highest BCUT2D eigenvalue weighted by Crippen LogP contribution is 2.32. The lowest BCUT2D eigenvalue weighted by Crippen LogP contribution is -2.49. The molecule has 0 saturated carbocycles. The van der Waals surface area contributed by atoms with Crippen molar-refractivity contribution >= 4 is 43.3 Å². The van der Waals surface area contributed by atoms with Crippen LogP contribution in [0.3, 0.4) is 0 Å². The van der Waals surface area contributed by atoms with Gasteiger partial charge in [0.2, 0.25) is 0 Å². The first-order chi connectivity index (χ1) is 9.19. The van der Waals surface area contributed by atoms with Crippen molar-refractivity contribution in [1.29, 1.82) is 0 Å². The van der Waals surface area contributed by atoms with Crippen molar-refractivity contribution in [2.45, 2.75) is 26.0 Å². The first kappa shape index (κ1) is 13.3. The molecule has 1 aliphatic rings. The zero-order chi connectivity index (χ0) is 13.4. The van der Waals surface area contributed by atoms with Gasteiger partial charge in [0.15, 0.2) is 0 Å². The average molecular weight is 342 g/mol. The third-order valence-electron chi connectivity index (χ3n) is 3.38. The maximum atomic E-state index is 5.78. The van der Waals surface area contributed by atoms with Crippen LogP contribution in [-0.4, -0.2) is 40.6 Å². The number of hydrogen-bond acceptors (Lipinski definition) is 5. The highest BCUT2D eigenvalue weighted by molar-refractivity contribution is 9.09. The van der Waals surface area contributed by atoms with Crippen LogP contribution in [0, 0.1) is 6.92 Å². The Hall–Kier alpha value is -0.720. The lowest BCUT2D eigenvalue weighted by molar-refractivity contribution is 0.0378. The second kappa shape index (κ2) is 5.34. The van der Waals surface area contributed by atoms with Gasteiger partial charge >= 0.3 is 0 Å². The van der Waals surface area contributed by atoms with Gasteiger partial charge in [-0.25, -0.2) is 9.97 Å².